The summed E-state index contributed by atoms with van der Waals surface area (Å²) in [6, 6.07) is 0. The SMILES string of the molecule is CCNC(=NCCOCC1CCCO1)N1CC2CCCCC2C1. The van der Waals surface area contributed by atoms with E-state index in [1.165, 1.54) is 45.2 Å². The predicted molar refractivity (Wildman–Crippen MR) is 92.8 cm³/mol. The Morgan fingerprint density at radius 1 is 1.17 bits per heavy atom. The van der Waals surface area contributed by atoms with E-state index in [1.54, 1.807) is 0 Å². The number of hydrogen-bond acceptors (Lipinski definition) is 3. The molecule has 1 aliphatic carbocycles. The number of nitrogens with one attached hydrogen (secondary N) is 1. The van der Waals surface area contributed by atoms with Gasteiger partial charge in [0.15, 0.2) is 5.96 Å². The molecule has 0 aromatic rings. The average molecular weight is 323 g/mol. The van der Waals surface area contributed by atoms with Crippen LogP contribution < -0.4 is 5.32 Å². The van der Waals surface area contributed by atoms with Gasteiger partial charge in [-0.15, -0.1) is 0 Å². The van der Waals surface area contributed by atoms with Crippen LogP contribution >= 0.6 is 0 Å². The Hall–Kier alpha value is -0.810. The minimum Gasteiger partial charge on any atom is -0.377 e. The Morgan fingerprint density at radius 3 is 2.61 bits per heavy atom. The van der Waals surface area contributed by atoms with Gasteiger partial charge in [0.1, 0.15) is 0 Å². The summed E-state index contributed by atoms with van der Waals surface area (Å²) in [6.07, 6.45) is 8.28. The highest BCUT2D eigenvalue weighted by molar-refractivity contribution is 5.80. The molecule has 2 saturated heterocycles. The second kappa shape index (κ2) is 8.88. The van der Waals surface area contributed by atoms with Crippen LogP contribution in [-0.4, -0.2) is 63.0 Å². The first-order valence-electron chi connectivity index (χ1n) is 9.59. The summed E-state index contributed by atoms with van der Waals surface area (Å²) in [7, 11) is 0. The van der Waals surface area contributed by atoms with E-state index in [2.05, 4.69) is 17.1 Å². The molecule has 1 saturated carbocycles. The average Bonchev–Trinajstić information content (AvgIpc) is 3.22. The number of likely N-dealkylation sites (tertiary alicyclic amines) is 1. The summed E-state index contributed by atoms with van der Waals surface area (Å²) in [5.74, 6) is 2.87. The fourth-order valence-electron chi connectivity index (χ4n) is 4.21. The van der Waals surface area contributed by atoms with Crippen LogP contribution in [0.4, 0.5) is 0 Å². The topological polar surface area (TPSA) is 46.1 Å². The van der Waals surface area contributed by atoms with Gasteiger partial charge in [-0.1, -0.05) is 12.8 Å². The molecule has 3 fully saturated rings. The van der Waals surface area contributed by atoms with E-state index >= 15 is 0 Å². The van der Waals surface area contributed by atoms with Crippen LogP contribution in [0.1, 0.15) is 45.4 Å². The van der Waals surface area contributed by atoms with Crippen molar-refractivity contribution >= 4 is 5.96 Å². The molecule has 23 heavy (non-hydrogen) atoms. The van der Waals surface area contributed by atoms with Crippen LogP contribution in [0, 0.1) is 11.8 Å². The van der Waals surface area contributed by atoms with Crippen molar-refractivity contribution in [2.75, 3.05) is 46.0 Å². The predicted octanol–water partition coefficient (Wildman–Crippen LogP) is 2.27. The minimum atomic E-state index is 0.314. The quantitative estimate of drug-likeness (QED) is 0.463. The molecule has 3 aliphatic rings. The molecule has 0 bridgehead atoms. The van der Waals surface area contributed by atoms with Gasteiger partial charge in [0, 0.05) is 26.2 Å². The van der Waals surface area contributed by atoms with Crippen LogP contribution in [0.3, 0.4) is 0 Å². The van der Waals surface area contributed by atoms with Crippen molar-refractivity contribution in [1.82, 2.24) is 10.2 Å². The van der Waals surface area contributed by atoms with Crippen LogP contribution in [-0.2, 0) is 9.47 Å². The van der Waals surface area contributed by atoms with Crippen LogP contribution in [0.2, 0.25) is 0 Å². The molecule has 2 heterocycles. The molecule has 2 aliphatic heterocycles. The number of ether oxygens (including phenoxy) is 2. The Morgan fingerprint density at radius 2 is 1.96 bits per heavy atom. The van der Waals surface area contributed by atoms with Gasteiger partial charge in [0.2, 0.25) is 0 Å². The highest BCUT2D eigenvalue weighted by Gasteiger charge is 2.35. The maximum atomic E-state index is 5.72. The first kappa shape index (κ1) is 17.0. The molecule has 0 aromatic carbocycles. The molecule has 0 amide bonds. The Bertz CT molecular complexity index is 368. The van der Waals surface area contributed by atoms with Crippen molar-refractivity contribution in [1.29, 1.82) is 0 Å². The zero-order chi connectivity index (χ0) is 15.9. The zero-order valence-electron chi connectivity index (χ0n) is 14.6. The second-order valence-electron chi connectivity index (χ2n) is 7.16. The number of guanidine groups is 1. The fraction of sp³-hybridized carbons (Fsp3) is 0.944. The van der Waals surface area contributed by atoms with Gasteiger partial charge in [-0.05, 0) is 44.4 Å². The molecule has 1 N–H and O–H groups in total. The summed E-state index contributed by atoms with van der Waals surface area (Å²) in [4.78, 5) is 7.26. The van der Waals surface area contributed by atoms with Crippen molar-refractivity contribution < 1.29 is 9.47 Å². The van der Waals surface area contributed by atoms with Crippen LogP contribution in [0.25, 0.3) is 0 Å². The summed E-state index contributed by atoms with van der Waals surface area (Å²) >= 11 is 0. The van der Waals surface area contributed by atoms with Crippen LogP contribution in [0.5, 0.6) is 0 Å². The third kappa shape index (κ3) is 4.83. The highest BCUT2D eigenvalue weighted by Crippen LogP contribution is 2.35. The molecule has 5 heteroatoms. The van der Waals surface area contributed by atoms with E-state index in [-0.39, 0.29) is 0 Å². The van der Waals surface area contributed by atoms with E-state index in [4.69, 9.17) is 14.5 Å². The van der Waals surface area contributed by atoms with Crippen molar-refractivity contribution in [3.63, 3.8) is 0 Å². The maximum Gasteiger partial charge on any atom is 0.194 e. The lowest BCUT2D eigenvalue weighted by Gasteiger charge is -2.22. The Labute approximate surface area is 140 Å². The number of rotatable bonds is 6. The summed E-state index contributed by atoms with van der Waals surface area (Å²) in [6.45, 7) is 8.50. The summed E-state index contributed by atoms with van der Waals surface area (Å²) in [5, 5.41) is 3.46. The lowest BCUT2D eigenvalue weighted by Crippen LogP contribution is -2.40. The van der Waals surface area contributed by atoms with Gasteiger partial charge in [0.05, 0.1) is 25.9 Å². The summed E-state index contributed by atoms with van der Waals surface area (Å²) < 4.78 is 11.3. The third-order valence-corrected chi connectivity index (χ3v) is 5.44. The van der Waals surface area contributed by atoms with Gasteiger partial charge in [-0.25, -0.2) is 0 Å². The smallest absolute Gasteiger partial charge is 0.194 e. The molecule has 0 spiro atoms. The normalized spacial score (nSPS) is 31.4. The number of nitrogens with zero attached hydrogens (tertiary/aromatic N) is 2. The second-order valence-corrected chi connectivity index (χ2v) is 7.16. The lowest BCUT2D eigenvalue weighted by molar-refractivity contribution is 0.0199. The molecule has 3 unspecified atom stereocenters. The largest absolute Gasteiger partial charge is 0.377 e. The van der Waals surface area contributed by atoms with Gasteiger partial charge >= 0.3 is 0 Å². The Balaban J connectivity index is 1.42. The van der Waals surface area contributed by atoms with E-state index in [0.29, 0.717) is 12.7 Å². The number of fused-ring (bicyclic) bond motifs is 1. The third-order valence-electron chi connectivity index (χ3n) is 5.44. The standard InChI is InChI=1S/C18H33N3O2/c1-2-19-18(20-9-11-22-14-17-8-5-10-23-17)21-12-15-6-3-4-7-16(15)13-21/h15-17H,2-14H2,1H3,(H,19,20). The summed E-state index contributed by atoms with van der Waals surface area (Å²) in [5.41, 5.74) is 0. The molecule has 3 atom stereocenters. The first-order valence-corrected chi connectivity index (χ1v) is 9.59. The minimum absolute atomic E-state index is 0.314. The molecule has 0 radical (unpaired) electrons. The van der Waals surface area contributed by atoms with E-state index in [9.17, 15) is 0 Å². The fourth-order valence-corrected chi connectivity index (χ4v) is 4.21. The van der Waals surface area contributed by atoms with Crippen molar-refractivity contribution in [2.24, 2.45) is 16.8 Å². The van der Waals surface area contributed by atoms with Gasteiger partial charge in [0.25, 0.3) is 0 Å². The Kier molecular flexibility index (Phi) is 6.57. The maximum absolute atomic E-state index is 5.72. The van der Waals surface area contributed by atoms with Crippen molar-refractivity contribution in [3.05, 3.63) is 0 Å². The van der Waals surface area contributed by atoms with Crippen molar-refractivity contribution in [3.8, 4) is 0 Å². The highest BCUT2D eigenvalue weighted by atomic mass is 16.5. The molecule has 3 rings (SSSR count). The zero-order valence-corrected chi connectivity index (χ0v) is 14.6. The number of hydrogen-bond donors (Lipinski definition) is 1. The van der Waals surface area contributed by atoms with E-state index < -0.39 is 0 Å². The first-order chi connectivity index (χ1) is 11.4. The lowest BCUT2D eigenvalue weighted by atomic mass is 9.82. The van der Waals surface area contributed by atoms with E-state index in [0.717, 1.165) is 50.5 Å². The number of aliphatic imine (C=N–C) groups is 1. The van der Waals surface area contributed by atoms with Crippen molar-refractivity contribution in [2.45, 2.75) is 51.6 Å². The molecular weight excluding hydrogens is 290 g/mol. The van der Waals surface area contributed by atoms with Gasteiger partial charge in [-0.2, -0.15) is 0 Å². The van der Waals surface area contributed by atoms with Crippen LogP contribution in [0.15, 0.2) is 4.99 Å². The molecule has 5 nitrogen and oxygen atoms in total. The van der Waals surface area contributed by atoms with E-state index in [1.807, 2.05) is 0 Å². The van der Waals surface area contributed by atoms with Gasteiger partial charge in [-0.3, -0.25) is 4.99 Å². The molecular formula is C18H33N3O2. The monoisotopic (exact) mass is 323 g/mol. The molecule has 132 valence electrons. The molecule has 0 aromatic heterocycles. The van der Waals surface area contributed by atoms with Gasteiger partial charge < -0.3 is 19.7 Å².